The number of ether oxygens (including phenoxy) is 1. The van der Waals surface area contributed by atoms with Crippen molar-refractivity contribution in [2.24, 2.45) is 0 Å². The zero-order chi connectivity index (χ0) is 28.6. The smallest absolute Gasteiger partial charge is 0.251 e. The molecule has 4 N–H and O–H groups in total. The highest BCUT2D eigenvalue weighted by Gasteiger charge is 2.46. The molecular weight excluding hydrogens is 532 g/mol. The Morgan fingerprint density at radius 1 is 0.905 bits per heavy atom. The highest BCUT2D eigenvalue weighted by Crippen LogP contribution is 2.33. The number of amides is 1. The molecule has 1 aliphatic heterocycles. The van der Waals surface area contributed by atoms with E-state index in [9.17, 15) is 15.0 Å². The third kappa shape index (κ3) is 4.61. The third-order valence-electron chi connectivity index (χ3n) is 7.82. The minimum Gasteiger partial charge on any atom is -0.394 e. The van der Waals surface area contributed by atoms with Crippen molar-refractivity contribution in [3.05, 3.63) is 109 Å². The van der Waals surface area contributed by atoms with Crippen molar-refractivity contribution in [2.45, 2.75) is 31.0 Å². The summed E-state index contributed by atoms with van der Waals surface area (Å²) in [5.41, 5.74) is 2.54. The average molecular weight is 561 g/mol. The lowest BCUT2D eigenvalue weighted by atomic mass is 10.0. The number of aliphatic hydroxyl groups is 2. The summed E-state index contributed by atoms with van der Waals surface area (Å²) in [6.45, 7) is 0.107. The molecule has 210 valence electrons. The lowest BCUT2D eigenvalue weighted by molar-refractivity contribution is -0.0440. The first-order valence-electron chi connectivity index (χ1n) is 13.7. The largest absolute Gasteiger partial charge is 0.394 e. The number of carbonyl (C=O) groups is 1. The van der Waals surface area contributed by atoms with Crippen molar-refractivity contribution in [3.8, 4) is 0 Å². The highest BCUT2D eigenvalue weighted by molar-refractivity contribution is 5.98. The van der Waals surface area contributed by atoms with Crippen LogP contribution in [-0.2, 0) is 11.3 Å². The van der Waals surface area contributed by atoms with Gasteiger partial charge in [-0.15, -0.1) is 0 Å². The van der Waals surface area contributed by atoms with Crippen LogP contribution in [0.5, 0.6) is 0 Å². The molecule has 0 aliphatic carbocycles. The van der Waals surface area contributed by atoms with Gasteiger partial charge in [-0.3, -0.25) is 9.36 Å². The molecule has 0 radical (unpaired) electrons. The van der Waals surface area contributed by atoms with Crippen molar-refractivity contribution in [2.75, 3.05) is 11.9 Å². The standard InChI is InChI=1S/C32H28N6O4/c39-16-25-28(40)26(37-31(41)22-13-12-19-6-1-2-8-21(19)14-22)32(42-25)38-18-36-27-29(34-17-35-30(27)38)33-15-23-10-5-9-20-7-3-4-11-24(20)23/h1-14,17-18,25-26,28,32,39-40H,15-16H2,(H,37,41)(H,33,34,35)/t25-,26-,28-,32-/m1/s1. The van der Waals surface area contributed by atoms with Gasteiger partial charge in [-0.05, 0) is 39.2 Å². The number of hydrogen-bond donors (Lipinski definition) is 4. The van der Waals surface area contributed by atoms with Crippen LogP contribution in [0.15, 0.2) is 97.6 Å². The quantitative estimate of drug-likeness (QED) is 0.232. The SMILES string of the molecule is O=C(N[C@@H]1[C@H](O)[C@@H](CO)O[C@H]1n1cnc2c(NCc3cccc4ccccc34)ncnc21)c1ccc2ccccc2c1. The van der Waals surface area contributed by atoms with E-state index in [1.54, 1.807) is 23.0 Å². The number of rotatable bonds is 7. The molecule has 0 bridgehead atoms. The minimum atomic E-state index is -1.16. The van der Waals surface area contributed by atoms with Crippen molar-refractivity contribution < 1.29 is 19.7 Å². The molecule has 42 heavy (non-hydrogen) atoms. The van der Waals surface area contributed by atoms with E-state index in [1.807, 2.05) is 48.5 Å². The summed E-state index contributed by atoms with van der Waals surface area (Å²) in [5.74, 6) is 0.175. The number of hydrogen-bond acceptors (Lipinski definition) is 8. The topological polar surface area (TPSA) is 134 Å². The average Bonchev–Trinajstić information content (AvgIpc) is 3.60. The summed E-state index contributed by atoms with van der Waals surface area (Å²) < 4.78 is 7.70. The van der Waals surface area contributed by atoms with Crippen LogP contribution in [0.25, 0.3) is 32.7 Å². The van der Waals surface area contributed by atoms with Gasteiger partial charge in [0.05, 0.1) is 12.9 Å². The number of imidazole rings is 1. The summed E-state index contributed by atoms with van der Waals surface area (Å²) >= 11 is 0. The van der Waals surface area contributed by atoms with Crippen LogP contribution in [0.4, 0.5) is 5.82 Å². The maximum Gasteiger partial charge on any atom is 0.251 e. The Hall–Kier alpha value is -4.90. The maximum absolute atomic E-state index is 13.3. The number of fused-ring (bicyclic) bond motifs is 3. The number of aromatic nitrogens is 4. The minimum absolute atomic E-state index is 0.367. The van der Waals surface area contributed by atoms with E-state index in [2.05, 4.69) is 49.9 Å². The third-order valence-corrected chi connectivity index (χ3v) is 7.82. The molecule has 2 aromatic heterocycles. The molecule has 4 aromatic carbocycles. The molecule has 0 saturated carbocycles. The van der Waals surface area contributed by atoms with Crippen molar-refractivity contribution in [1.29, 1.82) is 0 Å². The summed E-state index contributed by atoms with van der Waals surface area (Å²) in [6.07, 6.45) is 0.0540. The molecule has 1 fully saturated rings. The Balaban J connectivity index is 1.17. The van der Waals surface area contributed by atoms with Crippen LogP contribution in [-0.4, -0.2) is 60.5 Å². The van der Waals surface area contributed by atoms with Gasteiger partial charge in [-0.25, -0.2) is 15.0 Å². The lowest BCUT2D eigenvalue weighted by Gasteiger charge is -2.23. The van der Waals surface area contributed by atoms with Crippen LogP contribution in [0, 0.1) is 0 Å². The Bertz CT molecular complexity index is 1920. The summed E-state index contributed by atoms with van der Waals surface area (Å²) in [5, 5.41) is 31.5. The number of benzene rings is 4. The zero-order valence-electron chi connectivity index (χ0n) is 22.5. The predicted octanol–water partition coefficient (Wildman–Crippen LogP) is 3.79. The van der Waals surface area contributed by atoms with Crippen molar-refractivity contribution in [3.63, 3.8) is 0 Å². The predicted molar refractivity (Wildman–Crippen MR) is 159 cm³/mol. The number of anilines is 1. The van der Waals surface area contributed by atoms with Crippen LogP contribution < -0.4 is 10.6 Å². The van der Waals surface area contributed by atoms with Crippen LogP contribution in [0.2, 0.25) is 0 Å². The fourth-order valence-corrected chi connectivity index (χ4v) is 5.65. The highest BCUT2D eigenvalue weighted by atomic mass is 16.5. The molecule has 1 amide bonds. The first-order chi connectivity index (χ1) is 20.6. The summed E-state index contributed by atoms with van der Waals surface area (Å²) in [7, 11) is 0. The number of carbonyl (C=O) groups excluding carboxylic acids is 1. The second-order valence-corrected chi connectivity index (χ2v) is 10.3. The zero-order valence-corrected chi connectivity index (χ0v) is 22.5. The summed E-state index contributed by atoms with van der Waals surface area (Å²) in [6, 6.07) is 26.7. The Kier molecular flexibility index (Phi) is 6.71. The van der Waals surface area contributed by atoms with E-state index < -0.39 is 31.1 Å². The Morgan fingerprint density at radius 3 is 2.55 bits per heavy atom. The second kappa shape index (κ2) is 10.8. The van der Waals surface area contributed by atoms with Gasteiger partial charge in [0.2, 0.25) is 0 Å². The molecule has 6 aromatic rings. The molecule has 3 heterocycles. The molecule has 10 nitrogen and oxygen atoms in total. The van der Waals surface area contributed by atoms with Crippen LogP contribution in [0.1, 0.15) is 22.1 Å². The Labute approximate surface area is 240 Å². The molecule has 4 atom stereocenters. The van der Waals surface area contributed by atoms with Crippen LogP contribution >= 0.6 is 0 Å². The molecule has 10 heteroatoms. The molecule has 7 rings (SSSR count). The first-order valence-corrected chi connectivity index (χ1v) is 13.7. The van der Waals surface area contributed by atoms with Gasteiger partial charge in [0.15, 0.2) is 23.2 Å². The van der Waals surface area contributed by atoms with Gasteiger partial charge < -0.3 is 25.6 Å². The van der Waals surface area contributed by atoms with Gasteiger partial charge in [0.1, 0.15) is 24.6 Å². The van der Waals surface area contributed by atoms with E-state index >= 15 is 0 Å². The van der Waals surface area contributed by atoms with Gasteiger partial charge in [-0.2, -0.15) is 0 Å². The van der Waals surface area contributed by atoms with E-state index in [-0.39, 0.29) is 5.91 Å². The fourth-order valence-electron chi connectivity index (χ4n) is 5.65. The fraction of sp³-hybridized carbons (Fsp3) is 0.188. The van der Waals surface area contributed by atoms with Gasteiger partial charge in [-0.1, -0.05) is 72.8 Å². The monoisotopic (exact) mass is 560 g/mol. The lowest BCUT2D eigenvalue weighted by Crippen LogP contribution is -2.46. The summed E-state index contributed by atoms with van der Waals surface area (Å²) in [4.78, 5) is 26.8. The normalized spacial score (nSPS) is 20.3. The van der Waals surface area contributed by atoms with E-state index in [1.165, 1.54) is 6.33 Å². The van der Waals surface area contributed by atoms with E-state index in [0.717, 1.165) is 27.1 Å². The number of nitrogens with zero attached hydrogens (tertiary/aromatic N) is 4. The maximum atomic E-state index is 13.3. The van der Waals surface area contributed by atoms with Crippen LogP contribution in [0.3, 0.4) is 0 Å². The molecule has 1 aliphatic rings. The van der Waals surface area contributed by atoms with Crippen molar-refractivity contribution >= 4 is 44.4 Å². The van der Waals surface area contributed by atoms with Gasteiger partial charge in [0.25, 0.3) is 5.91 Å². The molecule has 0 unspecified atom stereocenters. The number of aliphatic hydroxyl groups excluding tert-OH is 2. The van der Waals surface area contributed by atoms with Gasteiger partial charge in [0, 0.05) is 12.1 Å². The first kappa shape index (κ1) is 26.0. The Morgan fingerprint density at radius 2 is 1.69 bits per heavy atom. The number of nitrogens with one attached hydrogen (secondary N) is 2. The van der Waals surface area contributed by atoms with Crippen molar-refractivity contribution in [1.82, 2.24) is 24.8 Å². The molecule has 1 saturated heterocycles. The molecular formula is C32H28N6O4. The second-order valence-electron chi connectivity index (χ2n) is 10.3. The molecule has 0 spiro atoms. The van der Waals surface area contributed by atoms with E-state index in [4.69, 9.17) is 4.74 Å². The van der Waals surface area contributed by atoms with E-state index in [0.29, 0.717) is 29.1 Å². The van der Waals surface area contributed by atoms with Gasteiger partial charge >= 0.3 is 0 Å².